The summed E-state index contributed by atoms with van der Waals surface area (Å²) in [6.45, 7) is 3.16. The summed E-state index contributed by atoms with van der Waals surface area (Å²) >= 11 is 0. The lowest BCUT2D eigenvalue weighted by atomic mass is 10.00. The van der Waals surface area contributed by atoms with Crippen LogP contribution in [0.2, 0.25) is 0 Å². The van der Waals surface area contributed by atoms with E-state index < -0.39 is 0 Å². The highest BCUT2D eigenvalue weighted by molar-refractivity contribution is 5.45. The highest BCUT2D eigenvalue weighted by atomic mass is 16.5. The summed E-state index contributed by atoms with van der Waals surface area (Å²) in [5.41, 5.74) is 5.13. The third-order valence-corrected chi connectivity index (χ3v) is 6.98. The summed E-state index contributed by atoms with van der Waals surface area (Å²) < 4.78 is 9.11. The number of rotatable bonds is 7. The van der Waals surface area contributed by atoms with E-state index in [-0.39, 0.29) is 6.10 Å². The maximum Gasteiger partial charge on any atom is 0.143 e. The first kappa shape index (κ1) is 22.1. The number of allylic oxidation sites excluding steroid dienone is 1. The first-order valence-corrected chi connectivity index (χ1v) is 12.5. The van der Waals surface area contributed by atoms with Gasteiger partial charge in [0.25, 0.3) is 0 Å². The van der Waals surface area contributed by atoms with E-state index in [1.807, 2.05) is 0 Å². The van der Waals surface area contributed by atoms with Crippen LogP contribution in [-0.4, -0.2) is 40.7 Å². The van der Waals surface area contributed by atoms with Crippen molar-refractivity contribution in [3.8, 4) is 0 Å². The summed E-state index contributed by atoms with van der Waals surface area (Å²) in [6.07, 6.45) is 13.4. The molecule has 2 aliphatic rings. The molecule has 1 saturated heterocycles. The predicted molar refractivity (Wildman–Crippen MR) is 134 cm³/mol. The van der Waals surface area contributed by atoms with Gasteiger partial charge in [0.2, 0.25) is 0 Å². The number of nitrogens with zero attached hydrogens (tertiary/aromatic N) is 3. The van der Waals surface area contributed by atoms with E-state index in [0.717, 1.165) is 69.7 Å². The highest BCUT2D eigenvalue weighted by Crippen LogP contribution is 2.34. The van der Waals surface area contributed by atoms with Crippen molar-refractivity contribution in [2.45, 2.75) is 57.3 Å². The second-order valence-corrected chi connectivity index (χ2v) is 9.47. The number of likely N-dealkylation sites (tertiary alicyclic amines) is 1. The molecule has 0 amide bonds. The number of piperidine rings is 1. The van der Waals surface area contributed by atoms with Crippen molar-refractivity contribution >= 4 is 6.08 Å². The van der Waals surface area contributed by atoms with E-state index in [0.29, 0.717) is 6.10 Å². The molecular formula is C29H35N3O. The van der Waals surface area contributed by atoms with E-state index in [1.165, 1.54) is 16.7 Å². The fourth-order valence-electron chi connectivity index (χ4n) is 5.04. The normalized spacial score (nSPS) is 19.4. The molecule has 0 radical (unpaired) electrons. The van der Waals surface area contributed by atoms with Crippen LogP contribution in [0.25, 0.3) is 6.08 Å². The Balaban J connectivity index is 1.30. The van der Waals surface area contributed by atoms with E-state index in [2.05, 4.69) is 89.5 Å². The van der Waals surface area contributed by atoms with Crippen LogP contribution < -0.4 is 0 Å². The molecule has 4 heteroatoms. The van der Waals surface area contributed by atoms with Crippen molar-refractivity contribution in [1.29, 1.82) is 0 Å². The predicted octanol–water partition coefficient (Wildman–Crippen LogP) is 5.68. The number of imidazole rings is 1. The zero-order valence-electron chi connectivity index (χ0n) is 19.7. The molecule has 1 unspecified atom stereocenters. The molecule has 0 spiro atoms. The molecule has 3 heterocycles. The summed E-state index contributed by atoms with van der Waals surface area (Å²) in [5.74, 6) is 1.06. The number of aryl methyl sites for hydroxylation is 3. The molecule has 3 aromatic rings. The SMILES string of the molecule is CN1CCC(OC2c3ccccc3CCn3cc(C=CCCCc4ccccc4)nc32)CC1. The second kappa shape index (κ2) is 10.5. The van der Waals surface area contributed by atoms with Gasteiger partial charge in [0.15, 0.2) is 0 Å². The van der Waals surface area contributed by atoms with Crippen molar-refractivity contribution in [2.75, 3.05) is 20.1 Å². The Bertz CT molecular complexity index is 1060. The van der Waals surface area contributed by atoms with E-state index in [9.17, 15) is 0 Å². The van der Waals surface area contributed by atoms with E-state index in [1.54, 1.807) is 0 Å². The molecule has 0 saturated carbocycles. The number of hydrogen-bond donors (Lipinski definition) is 0. The summed E-state index contributed by atoms with van der Waals surface area (Å²) in [6, 6.07) is 19.5. The lowest BCUT2D eigenvalue weighted by Gasteiger charge is -2.32. The lowest BCUT2D eigenvalue weighted by molar-refractivity contribution is -0.0275. The van der Waals surface area contributed by atoms with Gasteiger partial charge in [-0.2, -0.15) is 0 Å². The van der Waals surface area contributed by atoms with Gasteiger partial charge in [-0.1, -0.05) is 60.7 Å². The van der Waals surface area contributed by atoms with E-state index in [4.69, 9.17) is 9.72 Å². The van der Waals surface area contributed by atoms with Crippen LogP contribution >= 0.6 is 0 Å². The van der Waals surface area contributed by atoms with Crippen molar-refractivity contribution in [3.05, 3.63) is 95.1 Å². The van der Waals surface area contributed by atoms with Gasteiger partial charge in [0.05, 0.1) is 11.8 Å². The minimum atomic E-state index is -0.0858. The monoisotopic (exact) mass is 441 g/mol. The van der Waals surface area contributed by atoms with Crippen LogP contribution in [0.1, 0.15) is 60.0 Å². The smallest absolute Gasteiger partial charge is 0.143 e. The maximum atomic E-state index is 6.78. The lowest BCUT2D eigenvalue weighted by Crippen LogP contribution is -2.35. The van der Waals surface area contributed by atoms with Crippen LogP contribution in [0, 0.1) is 0 Å². The van der Waals surface area contributed by atoms with Gasteiger partial charge in [-0.25, -0.2) is 4.98 Å². The number of unbranched alkanes of at least 4 members (excludes halogenated alkanes) is 1. The Kier molecular flexibility index (Phi) is 7.03. The third kappa shape index (κ3) is 5.45. The fraction of sp³-hybridized carbons (Fsp3) is 0.414. The van der Waals surface area contributed by atoms with Crippen molar-refractivity contribution < 1.29 is 4.74 Å². The Labute approximate surface area is 197 Å². The molecule has 4 nitrogen and oxygen atoms in total. The van der Waals surface area contributed by atoms with Crippen molar-refractivity contribution in [2.24, 2.45) is 0 Å². The molecule has 172 valence electrons. The quantitative estimate of drug-likeness (QED) is 0.442. The Hall–Kier alpha value is -2.69. The number of aromatic nitrogens is 2. The van der Waals surface area contributed by atoms with Gasteiger partial charge in [-0.15, -0.1) is 0 Å². The Morgan fingerprint density at radius 2 is 1.79 bits per heavy atom. The molecular weight excluding hydrogens is 406 g/mol. The number of ether oxygens (including phenoxy) is 1. The average Bonchev–Trinajstić information content (AvgIpc) is 3.20. The Morgan fingerprint density at radius 3 is 2.64 bits per heavy atom. The fourth-order valence-corrected chi connectivity index (χ4v) is 5.04. The van der Waals surface area contributed by atoms with Gasteiger partial charge in [-0.3, -0.25) is 0 Å². The topological polar surface area (TPSA) is 30.3 Å². The minimum Gasteiger partial charge on any atom is -0.362 e. The average molecular weight is 442 g/mol. The van der Waals surface area contributed by atoms with Gasteiger partial charge in [-0.05, 0) is 68.3 Å². The first-order valence-electron chi connectivity index (χ1n) is 12.5. The second-order valence-electron chi connectivity index (χ2n) is 9.47. The molecule has 0 N–H and O–H groups in total. The maximum absolute atomic E-state index is 6.78. The van der Waals surface area contributed by atoms with Crippen LogP contribution in [0.5, 0.6) is 0 Å². The van der Waals surface area contributed by atoms with E-state index >= 15 is 0 Å². The summed E-state index contributed by atoms with van der Waals surface area (Å²) in [4.78, 5) is 7.46. The number of fused-ring (bicyclic) bond motifs is 2. The van der Waals surface area contributed by atoms with Gasteiger partial charge >= 0.3 is 0 Å². The molecule has 2 aliphatic heterocycles. The van der Waals surface area contributed by atoms with Gasteiger partial charge < -0.3 is 14.2 Å². The number of benzene rings is 2. The molecule has 1 fully saturated rings. The van der Waals surface area contributed by atoms with Crippen LogP contribution in [-0.2, 0) is 24.1 Å². The van der Waals surface area contributed by atoms with Gasteiger partial charge in [0, 0.05) is 25.8 Å². The van der Waals surface area contributed by atoms with Crippen LogP contribution in [0.3, 0.4) is 0 Å². The molecule has 0 aliphatic carbocycles. The first-order chi connectivity index (χ1) is 16.3. The zero-order valence-corrected chi connectivity index (χ0v) is 19.7. The molecule has 5 rings (SSSR count). The van der Waals surface area contributed by atoms with Crippen LogP contribution in [0.4, 0.5) is 0 Å². The third-order valence-electron chi connectivity index (χ3n) is 6.98. The van der Waals surface area contributed by atoms with Crippen molar-refractivity contribution in [3.63, 3.8) is 0 Å². The molecule has 1 atom stereocenters. The molecule has 0 bridgehead atoms. The molecule has 33 heavy (non-hydrogen) atoms. The zero-order chi connectivity index (χ0) is 22.5. The largest absolute Gasteiger partial charge is 0.362 e. The highest BCUT2D eigenvalue weighted by Gasteiger charge is 2.30. The number of hydrogen-bond acceptors (Lipinski definition) is 3. The molecule has 1 aromatic heterocycles. The summed E-state index contributed by atoms with van der Waals surface area (Å²) in [5, 5.41) is 0. The molecule has 2 aromatic carbocycles. The standard InChI is InChI=1S/C29H35N3O/c1-31-19-17-26(18-20-31)33-28-27-15-9-8-13-24(27)16-21-32-22-25(30-29(28)32)14-7-3-6-12-23-10-4-2-5-11-23/h2,4-5,7-11,13-15,22,26,28H,3,6,12,16-21H2,1H3. The summed E-state index contributed by atoms with van der Waals surface area (Å²) in [7, 11) is 2.20. The Morgan fingerprint density at radius 1 is 1.00 bits per heavy atom. The van der Waals surface area contributed by atoms with Crippen molar-refractivity contribution in [1.82, 2.24) is 14.5 Å². The minimum absolute atomic E-state index is 0.0858. The van der Waals surface area contributed by atoms with Crippen LogP contribution in [0.15, 0.2) is 66.9 Å². The van der Waals surface area contributed by atoms with Gasteiger partial charge in [0.1, 0.15) is 11.9 Å².